The van der Waals surface area contributed by atoms with Gasteiger partial charge < -0.3 is 15.8 Å². The van der Waals surface area contributed by atoms with Crippen LogP contribution in [0.25, 0.3) is 0 Å². The summed E-state index contributed by atoms with van der Waals surface area (Å²) in [5.74, 6) is -1.82. The second-order valence-electron chi connectivity index (χ2n) is 6.42. The Morgan fingerprint density at radius 1 is 1.18 bits per heavy atom. The Bertz CT molecular complexity index is 895. The molecule has 2 rings (SSSR count). The van der Waals surface area contributed by atoms with Crippen molar-refractivity contribution in [3.63, 3.8) is 0 Å². The minimum absolute atomic E-state index is 0.242. The summed E-state index contributed by atoms with van der Waals surface area (Å²) in [5.41, 5.74) is 8.10. The molecule has 7 nitrogen and oxygen atoms in total. The second-order valence-corrected chi connectivity index (χ2v) is 6.42. The van der Waals surface area contributed by atoms with Crippen molar-refractivity contribution < 1.29 is 19.1 Å². The van der Waals surface area contributed by atoms with Gasteiger partial charge in [-0.2, -0.15) is 0 Å². The molecule has 2 aromatic carbocycles. The van der Waals surface area contributed by atoms with E-state index in [9.17, 15) is 14.4 Å². The highest BCUT2D eigenvalue weighted by Gasteiger charge is 2.28. The van der Waals surface area contributed by atoms with Crippen LogP contribution in [-0.2, 0) is 14.4 Å². The van der Waals surface area contributed by atoms with Gasteiger partial charge in [0, 0.05) is 18.2 Å². The number of benzene rings is 2. The van der Waals surface area contributed by atoms with Crippen LogP contribution in [0.2, 0.25) is 0 Å². The van der Waals surface area contributed by atoms with Gasteiger partial charge in [-0.25, -0.2) is 4.90 Å². The molecular formula is C21H25N3O4. The number of amides is 3. The van der Waals surface area contributed by atoms with E-state index < -0.39 is 23.8 Å². The minimum Gasteiger partial charge on any atom is -0.494 e. The van der Waals surface area contributed by atoms with Crippen LogP contribution in [-0.4, -0.2) is 24.3 Å². The highest BCUT2D eigenvalue weighted by Crippen LogP contribution is 2.26. The summed E-state index contributed by atoms with van der Waals surface area (Å²) in [6, 6.07) is 11.4. The van der Waals surface area contributed by atoms with E-state index in [2.05, 4.69) is 5.32 Å². The average molecular weight is 383 g/mol. The van der Waals surface area contributed by atoms with Crippen LogP contribution in [0, 0.1) is 6.92 Å². The molecule has 2 aromatic rings. The first kappa shape index (κ1) is 21.0. The fourth-order valence-corrected chi connectivity index (χ4v) is 2.84. The molecule has 1 atom stereocenters. The Morgan fingerprint density at radius 2 is 1.89 bits per heavy atom. The molecule has 7 heteroatoms. The molecule has 0 radical (unpaired) electrons. The van der Waals surface area contributed by atoms with Crippen molar-refractivity contribution in [3.05, 3.63) is 53.6 Å². The SMILES string of the molecule is CCOc1ccc(C)cc1C(C)NC(=O)C(=O)N(C(C)=O)c1cccc(N)c1. The van der Waals surface area contributed by atoms with Crippen LogP contribution in [0.5, 0.6) is 5.75 Å². The summed E-state index contributed by atoms with van der Waals surface area (Å²) in [6.45, 7) is 7.23. The zero-order valence-electron chi connectivity index (χ0n) is 16.5. The quantitative estimate of drug-likeness (QED) is 0.611. The number of nitrogens with two attached hydrogens (primary N) is 1. The normalized spacial score (nSPS) is 11.4. The lowest BCUT2D eigenvalue weighted by Crippen LogP contribution is -2.46. The van der Waals surface area contributed by atoms with Crippen LogP contribution in [0.1, 0.15) is 37.9 Å². The van der Waals surface area contributed by atoms with Gasteiger partial charge in [0.2, 0.25) is 5.91 Å². The van der Waals surface area contributed by atoms with E-state index >= 15 is 0 Å². The van der Waals surface area contributed by atoms with E-state index in [-0.39, 0.29) is 5.69 Å². The third-order valence-electron chi connectivity index (χ3n) is 4.12. The Labute approximate surface area is 164 Å². The van der Waals surface area contributed by atoms with Crippen molar-refractivity contribution >= 4 is 29.1 Å². The number of rotatable bonds is 5. The summed E-state index contributed by atoms with van der Waals surface area (Å²) in [6.07, 6.45) is 0. The number of hydrogen-bond acceptors (Lipinski definition) is 5. The molecule has 0 saturated carbocycles. The number of anilines is 2. The molecule has 0 aliphatic heterocycles. The summed E-state index contributed by atoms with van der Waals surface area (Å²) in [5, 5.41) is 2.65. The van der Waals surface area contributed by atoms with Gasteiger partial charge >= 0.3 is 11.8 Å². The standard InChI is InChI=1S/C21H25N3O4/c1-5-28-19-10-9-13(2)11-18(19)14(3)23-20(26)21(27)24(15(4)25)17-8-6-7-16(22)12-17/h6-12,14H,5,22H2,1-4H3,(H,23,26). The van der Waals surface area contributed by atoms with Crippen molar-refractivity contribution in [1.82, 2.24) is 5.32 Å². The number of nitrogen functional groups attached to an aromatic ring is 1. The molecule has 0 spiro atoms. The molecule has 28 heavy (non-hydrogen) atoms. The lowest BCUT2D eigenvalue weighted by Gasteiger charge is -2.22. The molecule has 3 amide bonds. The zero-order chi connectivity index (χ0) is 20.8. The fourth-order valence-electron chi connectivity index (χ4n) is 2.84. The molecule has 0 saturated heterocycles. The maximum Gasteiger partial charge on any atom is 0.323 e. The Kier molecular flexibility index (Phi) is 6.76. The highest BCUT2D eigenvalue weighted by atomic mass is 16.5. The van der Waals surface area contributed by atoms with Gasteiger partial charge in [-0.15, -0.1) is 0 Å². The van der Waals surface area contributed by atoms with Crippen molar-refractivity contribution in [2.24, 2.45) is 0 Å². The van der Waals surface area contributed by atoms with Gasteiger partial charge in [0.05, 0.1) is 18.3 Å². The van der Waals surface area contributed by atoms with Crippen LogP contribution in [0.4, 0.5) is 11.4 Å². The lowest BCUT2D eigenvalue weighted by molar-refractivity contribution is -0.139. The number of carbonyl (C=O) groups is 3. The lowest BCUT2D eigenvalue weighted by atomic mass is 10.0. The number of hydrogen-bond donors (Lipinski definition) is 2. The van der Waals surface area contributed by atoms with Gasteiger partial charge in [0.15, 0.2) is 0 Å². The predicted molar refractivity (Wildman–Crippen MR) is 108 cm³/mol. The predicted octanol–water partition coefficient (Wildman–Crippen LogP) is 2.73. The Balaban J connectivity index is 2.24. The third kappa shape index (κ3) is 4.88. The van der Waals surface area contributed by atoms with E-state index in [0.717, 1.165) is 16.0 Å². The van der Waals surface area contributed by atoms with Crippen molar-refractivity contribution in [1.29, 1.82) is 0 Å². The molecule has 0 aliphatic carbocycles. The third-order valence-corrected chi connectivity index (χ3v) is 4.12. The molecule has 0 aromatic heterocycles. The number of nitrogens with one attached hydrogen (secondary N) is 1. The maximum absolute atomic E-state index is 12.7. The van der Waals surface area contributed by atoms with Gasteiger partial charge in [0.25, 0.3) is 0 Å². The number of imide groups is 1. The molecule has 0 bridgehead atoms. The molecule has 0 fully saturated rings. The Hall–Kier alpha value is -3.35. The monoisotopic (exact) mass is 383 g/mol. The molecule has 148 valence electrons. The van der Waals surface area contributed by atoms with Crippen LogP contribution in [0.3, 0.4) is 0 Å². The largest absolute Gasteiger partial charge is 0.494 e. The number of nitrogens with zero attached hydrogens (tertiary/aromatic N) is 1. The molecule has 0 aliphatic rings. The minimum atomic E-state index is -0.976. The molecule has 1 unspecified atom stereocenters. The summed E-state index contributed by atoms with van der Waals surface area (Å²) in [7, 11) is 0. The topological polar surface area (TPSA) is 102 Å². The zero-order valence-corrected chi connectivity index (χ0v) is 16.5. The molecular weight excluding hydrogens is 358 g/mol. The van der Waals surface area contributed by atoms with E-state index in [1.54, 1.807) is 25.1 Å². The second kappa shape index (κ2) is 9.03. The van der Waals surface area contributed by atoms with Crippen LogP contribution in [0.15, 0.2) is 42.5 Å². The van der Waals surface area contributed by atoms with E-state index in [1.165, 1.54) is 13.0 Å². The smallest absolute Gasteiger partial charge is 0.323 e. The van der Waals surface area contributed by atoms with Gasteiger partial charge in [-0.1, -0.05) is 23.8 Å². The molecule has 0 heterocycles. The maximum atomic E-state index is 12.7. The van der Waals surface area contributed by atoms with Crippen molar-refractivity contribution in [3.8, 4) is 5.75 Å². The van der Waals surface area contributed by atoms with Crippen LogP contribution < -0.4 is 20.7 Å². The van der Waals surface area contributed by atoms with Crippen molar-refractivity contribution in [2.75, 3.05) is 17.2 Å². The highest BCUT2D eigenvalue weighted by molar-refractivity contribution is 6.45. The number of ether oxygens (including phenoxy) is 1. The van der Waals surface area contributed by atoms with Gasteiger partial charge in [-0.05, 0) is 45.0 Å². The summed E-state index contributed by atoms with van der Waals surface area (Å²) < 4.78 is 5.61. The first-order chi connectivity index (χ1) is 13.2. The summed E-state index contributed by atoms with van der Waals surface area (Å²) in [4.78, 5) is 38.0. The Morgan fingerprint density at radius 3 is 2.50 bits per heavy atom. The van der Waals surface area contributed by atoms with Gasteiger partial charge in [-0.3, -0.25) is 14.4 Å². The van der Waals surface area contributed by atoms with E-state index in [0.29, 0.717) is 18.0 Å². The molecule has 3 N–H and O–H groups in total. The average Bonchev–Trinajstić information content (AvgIpc) is 2.63. The first-order valence-corrected chi connectivity index (χ1v) is 8.99. The van der Waals surface area contributed by atoms with E-state index in [4.69, 9.17) is 10.5 Å². The van der Waals surface area contributed by atoms with Gasteiger partial charge in [0.1, 0.15) is 5.75 Å². The van der Waals surface area contributed by atoms with E-state index in [1.807, 2.05) is 32.0 Å². The number of aryl methyl sites for hydroxylation is 1. The fraction of sp³-hybridized carbons (Fsp3) is 0.286. The number of carbonyl (C=O) groups excluding carboxylic acids is 3. The first-order valence-electron chi connectivity index (χ1n) is 8.99. The van der Waals surface area contributed by atoms with Crippen LogP contribution >= 0.6 is 0 Å². The summed E-state index contributed by atoms with van der Waals surface area (Å²) >= 11 is 0. The van der Waals surface area contributed by atoms with Crippen molar-refractivity contribution in [2.45, 2.75) is 33.7 Å².